The maximum atomic E-state index is 12.2. The summed E-state index contributed by atoms with van der Waals surface area (Å²) in [6.45, 7) is 0.311. The van der Waals surface area contributed by atoms with Crippen molar-refractivity contribution in [2.45, 2.75) is 17.9 Å². The van der Waals surface area contributed by atoms with Crippen molar-refractivity contribution in [1.29, 1.82) is 0 Å². The zero-order valence-corrected chi connectivity index (χ0v) is 15.6. The maximum absolute atomic E-state index is 12.2. The SMILES string of the molecule is O=C(CCS(=O)(=O)c1ccccc1)NCc1cccnc1-c1cccs1. The predicted octanol–water partition coefficient (Wildman–Crippen LogP) is 3.29. The van der Waals surface area contributed by atoms with Gasteiger partial charge in [-0.2, -0.15) is 0 Å². The highest BCUT2D eigenvalue weighted by molar-refractivity contribution is 7.91. The van der Waals surface area contributed by atoms with E-state index < -0.39 is 9.84 Å². The van der Waals surface area contributed by atoms with Crippen LogP contribution in [0.4, 0.5) is 0 Å². The number of thiophene rings is 1. The molecule has 0 saturated carbocycles. The second kappa shape index (κ2) is 8.25. The Balaban J connectivity index is 1.59. The van der Waals surface area contributed by atoms with E-state index in [1.807, 2.05) is 29.6 Å². The Labute approximate surface area is 156 Å². The third-order valence-corrected chi connectivity index (χ3v) is 6.43. The van der Waals surface area contributed by atoms with Crippen LogP contribution >= 0.6 is 11.3 Å². The van der Waals surface area contributed by atoms with Gasteiger partial charge in [-0.25, -0.2) is 8.42 Å². The lowest BCUT2D eigenvalue weighted by Crippen LogP contribution is -2.25. The molecule has 0 aliphatic carbocycles. The van der Waals surface area contributed by atoms with E-state index in [-0.39, 0.29) is 23.0 Å². The molecule has 26 heavy (non-hydrogen) atoms. The molecule has 7 heteroatoms. The van der Waals surface area contributed by atoms with Gasteiger partial charge in [0.25, 0.3) is 0 Å². The van der Waals surface area contributed by atoms with Crippen LogP contribution in [-0.2, 0) is 21.2 Å². The Kier molecular flexibility index (Phi) is 5.80. The molecule has 2 aromatic heterocycles. The number of carbonyl (C=O) groups is 1. The number of aromatic nitrogens is 1. The fourth-order valence-corrected chi connectivity index (χ4v) is 4.49. The fourth-order valence-electron chi connectivity index (χ4n) is 2.47. The van der Waals surface area contributed by atoms with Crippen molar-refractivity contribution in [3.8, 4) is 10.6 Å². The number of hydrogen-bond acceptors (Lipinski definition) is 5. The van der Waals surface area contributed by atoms with E-state index in [0.717, 1.165) is 16.1 Å². The molecule has 0 radical (unpaired) electrons. The van der Waals surface area contributed by atoms with E-state index in [4.69, 9.17) is 0 Å². The van der Waals surface area contributed by atoms with Gasteiger partial charge in [-0.05, 0) is 35.2 Å². The van der Waals surface area contributed by atoms with Crippen LogP contribution in [0, 0.1) is 0 Å². The van der Waals surface area contributed by atoms with Gasteiger partial charge in [-0.1, -0.05) is 30.3 Å². The Morgan fingerprint density at radius 1 is 1.04 bits per heavy atom. The molecule has 0 fully saturated rings. The average Bonchev–Trinajstić information content (AvgIpc) is 3.20. The summed E-state index contributed by atoms with van der Waals surface area (Å²) in [5, 5.41) is 4.76. The van der Waals surface area contributed by atoms with Crippen LogP contribution in [0.2, 0.25) is 0 Å². The molecule has 1 amide bonds. The van der Waals surface area contributed by atoms with E-state index in [2.05, 4.69) is 10.3 Å². The van der Waals surface area contributed by atoms with Gasteiger partial charge in [0.15, 0.2) is 9.84 Å². The number of sulfone groups is 1. The number of pyridine rings is 1. The molecule has 0 aliphatic rings. The van der Waals surface area contributed by atoms with Crippen LogP contribution in [0.3, 0.4) is 0 Å². The molecule has 0 aliphatic heterocycles. The van der Waals surface area contributed by atoms with Gasteiger partial charge in [0.1, 0.15) is 0 Å². The van der Waals surface area contributed by atoms with Gasteiger partial charge in [-0.15, -0.1) is 11.3 Å². The average molecular weight is 386 g/mol. The molecule has 1 aromatic carbocycles. The van der Waals surface area contributed by atoms with Crippen LogP contribution in [0.25, 0.3) is 10.6 Å². The molecule has 3 aromatic rings. The van der Waals surface area contributed by atoms with Gasteiger partial charge in [-0.3, -0.25) is 9.78 Å². The summed E-state index contributed by atoms with van der Waals surface area (Å²) in [6.07, 6.45) is 1.64. The van der Waals surface area contributed by atoms with Gasteiger partial charge in [0.05, 0.1) is 21.2 Å². The monoisotopic (exact) mass is 386 g/mol. The summed E-state index contributed by atoms with van der Waals surface area (Å²) in [5.41, 5.74) is 1.73. The number of amides is 1. The number of nitrogens with one attached hydrogen (secondary N) is 1. The second-order valence-corrected chi connectivity index (χ2v) is 8.70. The first-order chi connectivity index (χ1) is 12.6. The lowest BCUT2D eigenvalue weighted by molar-refractivity contribution is -0.120. The summed E-state index contributed by atoms with van der Waals surface area (Å²) >= 11 is 1.58. The fraction of sp³-hybridized carbons (Fsp3) is 0.158. The molecule has 1 N–H and O–H groups in total. The lowest BCUT2D eigenvalue weighted by atomic mass is 10.1. The van der Waals surface area contributed by atoms with Gasteiger partial charge < -0.3 is 5.32 Å². The molecular weight excluding hydrogens is 368 g/mol. The first-order valence-corrected chi connectivity index (χ1v) is 10.6. The third-order valence-electron chi connectivity index (χ3n) is 3.82. The van der Waals surface area contributed by atoms with Crippen LogP contribution < -0.4 is 5.32 Å². The van der Waals surface area contributed by atoms with E-state index >= 15 is 0 Å². The third kappa shape index (κ3) is 4.56. The van der Waals surface area contributed by atoms with Crippen molar-refractivity contribution in [2.24, 2.45) is 0 Å². The van der Waals surface area contributed by atoms with E-state index in [1.54, 1.807) is 35.7 Å². The minimum Gasteiger partial charge on any atom is -0.352 e. The molecule has 5 nitrogen and oxygen atoms in total. The molecule has 134 valence electrons. The first-order valence-electron chi connectivity index (χ1n) is 8.08. The summed E-state index contributed by atoms with van der Waals surface area (Å²) in [7, 11) is -3.45. The Bertz CT molecular complexity index is 969. The maximum Gasteiger partial charge on any atom is 0.221 e. The highest BCUT2D eigenvalue weighted by Gasteiger charge is 2.16. The number of benzene rings is 1. The minimum atomic E-state index is -3.45. The molecule has 0 unspecified atom stereocenters. The summed E-state index contributed by atoms with van der Waals surface area (Å²) in [5.74, 6) is -0.515. The van der Waals surface area contributed by atoms with Crippen LogP contribution in [0.1, 0.15) is 12.0 Å². The van der Waals surface area contributed by atoms with E-state index in [1.165, 1.54) is 12.1 Å². The van der Waals surface area contributed by atoms with Gasteiger partial charge >= 0.3 is 0 Å². The molecule has 0 spiro atoms. The van der Waals surface area contributed by atoms with E-state index in [0.29, 0.717) is 6.54 Å². The van der Waals surface area contributed by atoms with E-state index in [9.17, 15) is 13.2 Å². The first kappa shape index (κ1) is 18.3. The van der Waals surface area contributed by atoms with Crippen molar-refractivity contribution in [2.75, 3.05) is 5.75 Å². The molecule has 0 bridgehead atoms. The van der Waals surface area contributed by atoms with Crippen molar-refractivity contribution in [1.82, 2.24) is 10.3 Å². The molecule has 2 heterocycles. The van der Waals surface area contributed by atoms with Crippen molar-refractivity contribution < 1.29 is 13.2 Å². The van der Waals surface area contributed by atoms with Crippen LogP contribution in [0.5, 0.6) is 0 Å². The number of carbonyl (C=O) groups excluding carboxylic acids is 1. The number of hydrogen-bond donors (Lipinski definition) is 1. The normalized spacial score (nSPS) is 11.2. The lowest BCUT2D eigenvalue weighted by Gasteiger charge is -2.09. The summed E-state index contributed by atoms with van der Waals surface area (Å²) < 4.78 is 24.5. The van der Waals surface area contributed by atoms with Gasteiger partial charge in [0.2, 0.25) is 5.91 Å². The summed E-state index contributed by atoms with van der Waals surface area (Å²) in [6, 6.07) is 15.8. The Hall–Kier alpha value is -2.51. The van der Waals surface area contributed by atoms with Crippen LogP contribution in [-0.4, -0.2) is 25.1 Å². The number of nitrogens with zero attached hydrogens (tertiary/aromatic N) is 1. The minimum absolute atomic E-state index is 0.0776. The molecule has 0 atom stereocenters. The zero-order valence-electron chi connectivity index (χ0n) is 14.0. The largest absolute Gasteiger partial charge is 0.352 e. The van der Waals surface area contributed by atoms with Crippen molar-refractivity contribution >= 4 is 27.1 Å². The summed E-state index contributed by atoms with van der Waals surface area (Å²) in [4.78, 5) is 17.8. The second-order valence-electron chi connectivity index (χ2n) is 5.65. The predicted molar refractivity (Wildman–Crippen MR) is 103 cm³/mol. The Morgan fingerprint density at radius 2 is 1.85 bits per heavy atom. The highest BCUT2D eigenvalue weighted by Crippen LogP contribution is 2.25. The standard InChI is InChI=1S/C19H18N2O3S2/c22-18(10-13-26(23,24)16-7-2-1-3-8-16)21-14-15-6-4-11-20-19(15)17-9-5-12-25-17/h1-9,11-12H,10,13-14H2,(H,21,22). The molecular formula is C19H18N2O3S2. The Morgan fingerprint density at radius 3 is 2.58 bits per heavy atom. The zero-order chi connectivity index (χ0) is 18.4. The smallest absolute Gasteiger partial charge is 0.221 e. The molecule has 3 rings (SSSR count). The number of rotatable bonds is 7. The van der Waals surface area contributed by atoms with Crippen LogP contribution in [0.15, 0.2) is 71.1 Å². The van der Waals surface area contributed by atoms with Gasteiger partial charge in [0, 0.05) is 19.2 Å². The van der Waals surface area contributed by atoms with Crippen molar-refractivity contribution in [3.05, 3.63) is 71.7 Å². The van der Waals surface area contributed by atoms with Crippen molar-refractivity contribution in [3.63, 3.8) is 0 Å². The topological polar surface area (TPSA) is 76.1 Å². The highest BCUT2D eigenvalue weighted by atomic mass is 32.2. The quantitative estimate of drug-likeness (QED) is 0.676. The molecule has 0 saturated heterocycles.